The molecule has 1 unspecified atom stereocenters. The van der Waals surface area contributed by atoms with Crippen LogP contribution in [0.3, 0.4) is 0 Å². The van der Waals surface area contributed by atoms with Crippen molar-refractivity contribution in [2.45, 2.75) is 25.6 Å². The molecule has 1 rings (SSSR count). The number of amides is 1. The fourth-order valence-electron chi connectivity index (χ4n) is 1.09. The molecule has 1 N–H and O–H groups in total. The van der Waals surface area contributed by atoms with Gasteiger partial charge in [-0.05, 0) is 18.1 Å². The summed E-state index contributed by atoms with van der Waals surface area (Å²) in [5.74, 6) is 0.191. The standard InChI is InChI=1S/C11H16N2OS/c1-8(2)10(15)11(14)13-7-9-5-3-4-6-12-9/h3-6,8,10,15H,7H2,1-2H3,(H,13,14). The third kappa shape index (κ3) is 3.91. The number of carbonyl (C=O) groups is 1. The fourth-order valence-corrected chi connectivity index (χ4v) is 1.18. The molecule has 4 heteroatoms. The second kappa shape index (κ2) is 5.75. The molecule has 3 nitrogen and oxygen atoms in total. The van der Waals surface area contributed by atoms with Gasteiger partial charge in [-0.2, -0.15) is 12.6 Å². The first-order valence-electron chi connectivity index (χ1n) is 4.97. The van der Waals surface area contributed by atoms with Crippen molar-refractivity contribution in [2.24, 2.45) is 5.92 Å². The maximum Gasteiger partial charge on any atom is 0.233 e. The second-order valence-corrected chi connectivity index (χ2v) is 4.28. The molecular formula is C11H16N2OS. The van der Waals surface area contributed by atoms with Crippen LogP contribution in [0.25, 0.3) is 0 Å². The van der Waals surface area contributed by atoms with Crippen LogP contribution in [0.2, 0.25) is 0 Å². The Morgan fingerprint density at radius 3 is 2.80 bits per heavy atom. The van der Waals surface area contributed by atoms with E-state index in [1.807, 2.05) is 32.0 Å². The molecule has 15 heavy (non-hydrogen) atoms. The molecule has 0 bridgehead atoms. The lowest BCUT2D eigenvalue weighted by Crippen LogP contribution is -2.34. The summed E-state index contributed by atoms with van der Waals surface area (Å²) in [6.45, 7) is 4.40. The minimum absolute atomic E-state index is 0.0426. The highest BCUT2D eigenvalue weighted by atomic mass is 32.1. The van der Waals surface area contributed by atoms with E-state index in [4.69, 9.17) is 0 Å². The van der Waals surface area contributed by atoms with E-state index in [1.54, 1.807) is 6.20 Å². The molecular weight excluding hydrogens is 208 g/mol. The van der Waals surface area contributed by atoms with Crippen molar-refractivity contribution < 1.29 is 4.79 Å². The van der Waals surface area contributed by atoms with E-state index in [1.165, 1.54) is 0 Å². The molecule has 0 aromatic carbocycles. The van der Waals surface area contributed by atoms with Crippen LogP contribution in [0.15, 0.2) is 24.4 Å². The van der Waals surface area contributed by atoms with Gasteiger partial charge in [0, 0.05) is 6.20 Å². The average Bonchev–Trinajstić information content (AvgIpc) is 2.26. The van der Waals surface area contributed by atoms with Crippen molar-refractivity contribution in [1.82, 2.24) is 10.3 Å². The molecule has 1 aromatic heterocycles. The van der Waals surface area contributed by atoms with Gasteiger partial charge >= 0.3 is 0 Å². The number of aromatic nitrogens is 1. The number of nitrogens with one attached hydrogen (secondary N) is 1. The first kappa shape index (κ1) is 12.0. The van der Waals surface area contributed by atoms with E-state index in [0.717, 1.165) is 5.69 Å². The quantitative estimate of drug-likeness (QED) is 0.764. The SMILES string of the molecule is CC(C)C(S)C(=O)NCc1ccccn1. The van der Waals surface area contributed by atoms with Crippen molar-refractivity contribution in [3.8, 4) is 0 Å². The van der Waals surface area contributed by atoms with Gasteiger partial charge in [0.15, 0.2) is 0 Å². The topological polar surface area (TPSA) is 42.0 Å². The lowest BCUT2D eigenvalue weighted by atomic mass is 10.1. The van der Waals surface area contributed by atoms with Crippen LogP contribution in [-0.2, 0) is 11.3 Å². The largest absolute Gasteiger partial charge is 0.349 e. The summed E-state index contributed by atoms with van der Waals surface area (Å²) in [6.07, 6.45) is 1.71. The molecule has 1 amide bonds. The fraction of sp³-hybridized carbons (Fsp3) is 0.455. The zero-order valence-corrected chi connectivity index (χ0v) is 9.87. The molecule has 0 radical (unpaired) electrons. The van der Waals surface area contributed by atoms with Crippen LogP contribution in [0.4, 0.5) is 0 Å². The third-order valence-corrected chi connectivity index (χ3v) is 2.90. The third-order valence-electron chi connectivity index (χ3n) is 2.07. The monoisotopic (exact) mass is 224 g/mol. The summed E-state index contributed by atoms with van der Waals surface area (Å²) in [5, 5.41) is 2.55. The van der Waals surface area contributed by atoms with Crippen LogP contribution in [0, 0.1) is 5.92 Å². The first-order valence-corrected chi connectivity index (χ1v) is 5.48. The van der Waals surface area contributed by atoms with Gasteiger partial charge in [-0.1, -0.05) is 19.9 Å². The maximum atomic E-state index is 11.5. The molecule has 1 aromatic rings. The lowest BCUT2D eigenvalue weighted by Gasteiger charge is -2.14. The molecule has 82 valence electrons. The Morgan fingerprint density at radius 2 is 2.27 bits per heavy atom. The van der Waals surface area contributed by atoms with Gasteiger partial charge in [-0.25, -0.2) is 0 Å². The average molecular weight is 224 g/mol. The highest BCUT2D eigenvalue weighted by Crippen LogP contribution is 2.08. The molecule has 0 saturated heterocycles. The van der Waals surface area contributed by atoms with Crippen molar-refractivity contribution in [3.63, 3.8) is 0 Å². The Hall–Kier alpha value is -1.03. The highest BCUT2D eigenvalue weighted by molar-refractivity contribution is 7.81. The summed E-state index contributed by atoms with van der Waals surface area (Å²) in [7, 11) is 0. The number of thiol groups is 1. The van der Waals surface area contributed by atoms with Crippen LogP contribution in [0.5, 0.6) is 0 Å². The zero-order valence-electron chi connectivity index (χ0n) is 8.97. The predicted molar refractivity (Wildman–Crippen MR) is 63.7 cm³/mol. The van der Waals surface area contributed by atoms with E-state index < -0.39 is 0 Å². The molecule has 1 heterocycles. The number of rotatable bonds is 4. The van der Waals surface area contributed by atoms with Gasteiger partial charge in [-0.15, -0.1) is 0 Å². The predicted octanol–water partition coefficient (Wildman–Crippen LogP) is 1.65. The van der Waals surface area contributed by atoms with Crippen LogP contribution >= 0.6 is 12.6 Å². The van der Waals surface area contributed by atoms with Gasteiger partial charge in [0.2, 0.25) is 5.91 Å². The first-order chi connectivity index (χ1) is 7.11. The van der Waals surface area contributed by atoms with E-state index in [2.05, 4.69) is 22.9 Å². The van der Waals surface area contributed by atoms with Gasteiger partial charge in [-0.3, -0.25) is 9.78 Å². The minimum Gasteiger partial charge on any atom is -0.349 e. The number of hydrogen-bond acceptors (Lipinski definition) is 3. The number of hydrogen-bond donors (Lipinski definition) is 2. The Labute approximate surface area is 95.7 Å². The van der Waals surface area contributed by atoms with Crippen LogP contribution in [-0.4, -0.2) is 16.1 Å². The molecule has 0 fully saturated rings. The van der Waals surface area contributed by atoms with Gasteiger partial charge in [0.25, 0.3) is 0 Å². The molecule has 0 aliphatic rings. The van der Waals surface area contributed by atoms with Crippen molar-refractivity contribution >= 4 is 18.5 Å². The molecule has 0 saturated carbocycles. The highest BCUT2D eigenvalue weighted by Gasteiger charge is 2.16. The Bertz CT molecular complexity index is 314. The smallest absolute Gasteiger partial charge is 0.233 e. The van der Waals surface area contributed by atoms with Gasteiger partial charge in [0.1, 0.15) is 0 Å². The molecule has 0 aliphatic heterocycles. The summed E-state index contributed by atoms with van der Waals surface area (Å²) in [5.41, 5.74) is 0.857. The number of carbonyl (C=O) groups excluding carboxylic acids is 1. The van der Waals surface area contributed by atoms with E-state index in [9.17, 15) is 4.79 Å². The van der Waals surface area contributed by atoms with Crippen LogP contribution in [0.1, 0.15) is 19.5 Å². The van der Waals surface area contributed by atoms with Gasteiger partial charge in [0.05, 0.1) is 17.5 Å². The molecule has 1 atom stereocenters. The number of nitrogens with zero attached hydrogens (tertiary/aromatic N) is 1. The van der Waals surface area contributed by atoms with Gasteiger partial charge < -0.3 is 5.32 Å². The number of pyridine rings is 1. The van der Waals surface area contributed by atoms with Crippen molar-refractivity contribution in [1.29, 1.82) is 0 Å². The zero-order chi connectivity index (χ0) is 11.3. The van der Waals surface area contributed by atoms with E-state index >= 15 is 0 Å². The Kier molecular flexibility index (Phi) is 4.62. The van der Waals surface area contributed by atoms with Crippen LogP contribution < -0.4 is 5.32 Å². The molecule has 0 aliphatic carbocycles. The van der Waals surface area contributed by atoms with E-state index in [-0.39, 0.29) is 17.1 Å². The summed E-state index contributed by atoms with van der Waals surface area (Å²) in [6, 6.07) is 5.62. The Balaban J connectivity index is 2.41. The Morgan fingerprint density at radius 1 is 1.53 bits per heavy atom. The van der Waals surface area contributed by atoms with E-state index in [0.29, 0.717) is 6.54 Å². The summed E-state index contributed by atoms with van der Waals surface area (Å²) in [4.78, 5) is 15.7. The summed E-state index contributed by atoms with van der Waals surface area (Å²) >= 11 is 4.23. The minimum atomic E-state index is -0.256. The second-order valence-electron chi connectivity index (χ2n) is 3.73. The van der Waals surface area contributed by atoms with Crippen molar-refractivity contribution in [2.75, 3.05) is 0 Å². The lowest BCUT2D eigenvalue weighted by molar-refractivity contribution is -0.121. The normalized spacial score (nSPS) is 12.5. The van der Waals surface area contributed by atoms with Crippen molar-refractivity contribution in [3.05, 3.63) is 30.1 Å². The molecule has 0 spiro atoms. The maximum absolute atomic E-state index is 11.5. The summed E-state index contributed by atoms with van der Waals surface area (Å²) < 4.78 is 0.